The molecule has 1 heterocycles. The van der Waals surface area contributed by atoms with E-state index in [9.17, 15) is 5.11 Å². The summed E-state index contributed by atoms with van der Waals surface area (Å²) in [7, 11) is 2.15. The topological polar surface area (TPSA) is 26.7 Å². The Morgan fingerprint density at radius 1 is 1.43 bits per heavy atom. The van der Waals surface area contributed by atoms with Crippen molar-refractivity contribution in [2.75, 3.05) is 26.7 Å². The lowest BCUT2D eigenvalue weighted by Gasteiger charge is -2.37. The molecule has 0 amide bonds. The van der Waals surface area contributed by atoms with E-state index in [0.717, 1.165) is 24.6 Å². The molecule has 3 nitrogen and oxygen atoms in total. The van der Waals surface area contributed by atoms with Crippen molar-refractivity contribution >= 4 is 11.6 Å². The molecule has 2 rings (SSSR count). The standard InChI is InChI=1S/C17H27ClN2O/c1-13(2)20-8-4-5-14(11-20)10-19(3)12-15-6-7-16(21)9-17(15)18/h6-7,9,13-14,21H,4-5,8,10-12H2,1-3H3/t14-/m1/s1. The van der Waals surface area contributed by atoms with Crippen molar-refractivity contribution in [3.8, 4) is 5.75 Å². The van der Waals surface area contributed by atoms with Crippen molar-refractivity contribution < 1.29 is 5.11 Å². The maximum Gasteiger partial charge on any atom is 0.117 e. The zero-order valence-corrected chi connectivity index (χ0v) is 14.1. The molecule has 0 radical (unpaired) electrons. The minimum Gasteiger partial charge on any atom is -0.508 e. The van der Waals surface area contributed by atoms with Gasteiger partial charge in [-0.2, -0.15) is 0 Å². The average molecular weight is 311 g/mol. The van der Waals surface area contributed by atoms with E-state index in [4.69, 9.17) is 11.6 Å². The highest BCUT2D eigenvalue weighted by atomic mass is 35.5. The van der Waals surface area contributed by atoms with Gasteiger partial charge in [0, 0.05) is 30.7 Å². The SMILES string of the molecule is CC(C)N1CCC[C@H](CN(C)Cc2ccc(O)cc2Cl)C1. The van der Waals surface area contributed by atoms with Gasteiger partial charge < -0.3 is 14.9 Å². The predicted molar refractivity (Wildman–Crippen MR) is 88.9 cm³/mol. The second kappa shape index (κ2) is 7.48. The number of likely N-dealkylation sites (tertiary alicyclic amines) is 1. The number of aromatic hydroxyl groups is 1. The molecule has 0 bridgehead atoms. The monoisotopic (exact) mass is 310 g/mol. The molecule has 0 unspecified atom stereocenters. The fourth-order valence-corrected chi connectivity index (χ4v) is 3.41. The van der Waals surface area contributed by atoms with Gasteiger partial charge in [-0.1, -0.05) is 17.7 Å². The quantitative estimate of drug-likeness (QED) is 0.900. The van der Waals surface area contributed by atoms with Gasteiger partial charge in [0.05, 0.1) is 0 Å². The highest BCUT2D eigenvalue weighted by Gasteiger charge is 2.22. The third-order valence-corrected chi connectivity index (χ3v) is 4.68. The molecule has 0 spiro atoms. The molecule has 1 aromatic carbocycles. The number of phenolic OH excluding ortho intramolecular Hbond substituents is 1. The molecule has 0 aliphatic carbocycles. The Labute approximate surface area is 133 Å². The first-order valence-corrected chi connectivity index (χ1v) is 8.23. The molecule has 1 N–H and O–H groups in total. The van der Waals surface area contributed by atoms with Crippen molar-refractivity contribution in [2.45, 2.75) is 39.3 Å². The van der Waals surface area contributed by atoms with Gasteiger partial charge in [0.15, 0.2) is 0 Å². The number of rotatable bonds is 5. The molecule has 4 heteroatoms. The summed E-state index contributed by atoms with van der Waals surface area (Å²) in [6.07, 6.45) is 2.62. The fourth-order valence-electron chi connectivity index (χ4n) is 3.18. The molecule has 1 atom stereocenters. The zero-order valence-electron chi connectivity index (χ0n) is 13.3. The van der Waals surface area contributed by atoms with Crippen LogP contribution in [0.3, 0.4) is 0 Å². The lowest BCUT2D eigenvalue weighted by molar-refractivity contribution is 0.116. The Balaban J connectivity index is 1.87. The summed E-state index contributed by atoms with van der Waals surface area (Å²) in [6, 6.07) is 5.88. The predicted octanol–water partition coefficient (Wildman–Crippen LogP) is 3.60. The molecule has 1 aromatic rings. The minimum atomic E-state index is 0.228. The number of phenols is 1. The molecular formula is C17H27ClN2O. The third kappa shape index (κ3) is 4.87. The Morgan fingerprint density at radius 2 is 2.19 bits per heavy atom. The summed E-state index contributed by atoms with van der Waals surface area (Å²) >= 11 is 6.19. The van der Waals surface area contributed by atoms with Crippen molar-refractivity contribution in [1.29, 1.82) is 0 Å². The van der Waals surface area contributed by atoms with E-state index in [1.165, 1.54) is 25.9 Å². The fraction of sp³-hybridized carbons (Fsp3) is 0.647. The highest BCUT2D eigenvalue weighted by molar-refractivity contribution is 6.31. The van der Waals surface area contributed by atoms with Crippen LogP contribution in [0.15, 0.2) is 18.2 Å². The largest absolute Gasteiger partial charge is 0.508 e. The van der Waals surface area contributed by atoms with Gasteiger partial charge in [-0.3, -0.25) is 0 Å². The molecule has 1 aliphatic rings. The summed E-state index contributed by atoms with van der Waals surface area (Å²) in [5.74, 6) is 0.966. The molecule has 1 saturated heterocycles. The Bertz CT molecular complexity index is 464. The number of piperidine rings is 1. The van der Waals surface area contributed by atoms with Crippen LogP contribution in [0.5, 0.6) is 5.75 Å². The van der Waals surface area contributed by atoms with Crippen LogP contribution < -0.4 is 0 Å². The van der Waals surface area contributed by atoms with Crippen LogP contribution in [-0.4, -0.2) is 47.6 Å². The van der Waals surface area contributed by atoms with Crippen LogP contribution in [0.4, 0.5) is 0 Å². The van der Waals surface area contributed by atoms with Crippen molar-refractivity contribution in [1.82, 2.24) is 9.80 Å². The number of hydrogen-bond donors (Lipinski definition) is 1. The minimum absolute atomic E-state index is 0.228. The third-order valence-electron chi connectivity index (χ3n) is 4.33. The summed E-state index contributed by atoms with van der Waals surface area (Å²) in [6.45, 7) is 8.93. The summed E-state index contributed by atoms with van der Waals surface area (Å²) in [5, 5.41) is 10.1. The number of nitrogens with zero attached hydrogens (tertiary/aromatic N) is 2. The molecule has 1 fully saturated rings. The number of hydrogen-bond acceptors (Lipinski definition) is 3. The van der Waals surface area contributed by atoms with Crippen molar-refractivity contribution in [3.63, 3.8) is 0 Å². The molecule has 21 heavy (non-hydrogen) atoms. The van der Waals surface area contributed by atoms with Gasteiger partial charge in [-0.25, -0.2) is 0 Å². The second-order valence-corrected chi connectivity index (χ2v) is 6.98. The van der Waals surface area contributed by atoms with Crippen LogP contribution in [0.2, 0.25) is 5.02 Å². The molecule has 0 saturated carbocycles. The van der Waals surface area contributed by atoms with E-state index in [-0.39, 0.29) is 5.75 Å². The smallest absolute Gasteiger partial charge is 0.117 e. The normalized spacial score (nSPS) is 20.4. The zero-order chi connectivity index (χ0) is 15.4. The van der Waals surface area contributed by atoms with Gasteiger partial charge >= 0.3 is 0 Å². The molecule has 118 valence electrons. The molecular weight excluding hydrogens is 284 g/mol. The van der Waals surface area contributed by atoms with E-state index in [2.05, 4.69) is 30.7 Å². The summed E-state index contributed by atoms with van der Waals surface area (Å²) in [5.41, 5.74) is 1.08. The first-order valence-electron chi connectivity index (χ1n) is 7.85. The lowest BCUT2D eigenvalue weighted by Crippen LogP contribution is -2.43. The number of halogens is 1. The summed E-state index contributed by atoms with van der Waals surface area (Å²) in [4.78, 5) is 4.92. The maximum atomic E-state index is 9.41. The van der Waals surface area contributed by atoms with Crippen LogP contribution in [0.1, 0.15) is 32.3 Å². The lowest BCUT2D eigenvalue weighted by atomic mass is 9.96. The highest BCUT2D eigenvalue weighted by Crippen LogP contribution is 2.24. The van der Waals surface area contributed by atoms with Gasteiger partial charge in [-0.05, 0) is 63.9 Å². The van der Waals surface area contributed by atoms with E-state index >= 15 is 0 Å². The first-order chi connectivity index (χ1) is 9.95. The second-order valence-electron chi connectivity index (χ2n) is 6.57. The molecule has 1 aliphatic heterocycles. The van der Waals surface area contributed by atoms with Gasteiger partial charge in [0.25, 0.3) is 0 Å². The maximum absolute atomic E-state index is 9.41. The summed E-state index contributed by atoms with van der Waals surface area (Å²) < 4.78 is 0. The van der Waals surface area contributed by atoms with Crippen LogP contribution in [-0.2, 0) is 6.54 Å². The Hall–Kier alpha value is -0.770. The van der Waals surface area contributed by atoms with E-state index in [0.29, 0.717) is 11.1 Å². The van der Waals surface area contributed by atoms with Gasteiger partial charge in [0.2, 0.25) is 0 Å². The Morgan fingerprint density at radius 3 is 2.86 bits per heavy atom. The van der Waals surface area contributed by atoms with Crippen molar-refractivity contribution in [2.24, 2.45) is 5.92 Å². The van der Waals surface area contributed by atoms with Crippen LogP contribution in [0, 0.1) is 5.92 Å². The molecule has 0 aromatic heterocycles. The van der Waals surface area contributed by atoms with Crippen molar-refractivity contribution in [3.05, 3.63) is 28.8 Å². The van der Waals surface area contributed by atoms with E-state index in [1.807, 2.05) is 6.07 Å². The van der Waals surface area contributed by atoms with Crippen LogP contribution >= 0.6 is 11.6 Å². The average Bonchev–Trinajstić information content (AvgIpc) is 2.42. The number of benzene rings is 1. The van der Waals surface area contributed by atoms with Gasteiger partial charge in [0.1, 0.15) is 5.75 Å². The van der Waals surface area contributed by atoms with E-state index in [1.54, 1.807) is 12.1 Å². The Kier molecular flexibility index (Phi) is 5.91. The van der Waals surface area contributed by atoms with Gasteiger partial charge in [-0.15, -0.1) is 0 Å². The van der Waals surface area contributed by atoms with Crippen LogP contribution in [0.25, 0.3) is 0 Å². The van der Waals surface area contributed by atoms with E-state index < -0.39 is 0 Å². The first kappa shape index (κ1) is 16.6.